The number of hydrogen-bond donors (Lipinski definition) is 4. The van der Waals surface area contributed by atoms with Crippen LogP contribution in [0.4, 0.5) is 19.0 Å². The van der Waals surface area contributed by atoms with Gasteiger partial charge in [-0.1, -0.05) is 30.3 Å². The number of aromatic amines is 1. The van der Waals surface area contributed by atoms with Gasteiger partial charge in [0.05, 0.1) is 12.2 Å². The predicted octanol–water partition coefficient (Wildman–Crippen LogP) is 3.04. The second kappa shape index (κ2) is 11.7. The fourth-order valence-corrected chi connectivity index (χ4v) is 4.21. The third-order valence-corrected chi connectivity index (χ3v) is 6.06. The molecule has 1 aromatic carbocycles. The Kier molecular flexibility index (Phi) is 8.13. The summed E-state index contributed by atoms with van der Waals surface area (Å²) in [7, 11) is 0. The molecule has 40 heavy (non-hydrogen) atoms. The standard InChI is InChI=1S/C24H21N7O2.C2HF3O2/c25-11-19-20-6-7-21(23(32)28-14-17-10-16-13-26-9-8-18(16)29-17)31(20)24(33)22(30-19)27-12-15-4-2-1-3-5-15;3-2(4,5)1(6)7/h1-5,8-10,13,21,29H,6-7,12,14H2,(H,27,30)(H,28,32);(H,6,7)/t21-;/m0./s1. The molecule has 4 aromatic rings. The molecular formula is C26H22F3N7O4. The van der Waals surface area contributed by atoms with Crippen LogP contribution in [0.3, 0.4) is 0 Å². The Bertz CT molecular complexity index is 1610. The number of anilines is 1. The Hall–Kier alpha value is -5.19. The van der Waals surface area contributed by atoms with E-state index in [-0.39, 0.29) is 17.4 Å². The fourth-order valence-electron chi connectivity index (χ4n) is 4.21. The van der Waals surface area contributed by atoms with Gasteiger partial charge < -0.3 is 20.7 Å². The first-order chi connectivity index (χ1) is 19.1. The number of nitrogens with one attached hydrogen (secondary N) is 3. The van der Waals surface area contributed by atoms with E-state index in [1.807, 2.05) is 42.5 Å². The van der Waals surface area contributed by atoms with Gasteiger partial charge in [0.15, 0.2) is 11.5 Å². The van der Waals surface area contributed by atoms with Crippen molar-refractivity contribution in [3.63, 3.8) is 0 Å². The summed E-state index contributed by atoms with van der Waals surface area (Å²) in [6, 6.07) is 14.8. The van der Waals surface area contributed by atoms with Crippen LogP contribution in [0.15, 0.2) is 59.7 Å². The lowest BCUT2D eigenvalue weighted by Crippen LogP contribution is -2.37. The van der Waals surface area contributed by atoms with Crippen LogP contribution < -0.4 is 16.2 Å². The molecule has 1 aliphatic rings. The number of nitriles is 1. The van der Waals surface area contributed by atoms with Crippen LogP contribution in [-0.2, 0) is 29.1 Å². The summed E-state index contributed by atoms with van der Waals surface area (Å²) in [5.74, 6) is -2.95. The minimum absolute atomic E-state index is 0.0713. The van der Waals surface area contributed by atoms with Gasteiger partial charge in [0.25, 0.3) is 5.56 Å². The van der Waals surface area contributed by atoms with Gasteiger partial charge in [-0.3, -0.25) is 19.1 Å². The number of benzene rings is 1. The molecule has 4 heterocycles. The molecule has 14 heteroatoms. The molecule has 11 nitrogen and oxygen atoms in total. The first kappa shape index (κ1) is 27.8. The molecule has 0 spiro atoms. The maximum absolute atomic E-state index is 13.2. The summed E-state index contributed by atoms with van der Waals surface area (Å²) in [4.78, 5) is 46.7. The SMILES string of the molecule is N#Cc1nc(NCc2ccccc2)c(=O)n2c1CC[C@H]2C(=O)NCc1cc2cnccc2[nH]1.O=C(O)C(F)(F)F. The molecule has 0 saturated carbocycles. The lowest BCUT2D eigenvalue weighted by molar-refractivity contribution is -0.192. The summed E-state index contributed by atoms with van der Waals surface area (Å²) < 4.78 is 33.2. The van der Waals surface area contributed by atoms with Gasteiger partial charge in [-0.2, -0.15) is 18.4 Å². The number of aliphatic carboxylic acids is 1. The van der Waals surface area contributed by atoms with Crippen molar-refractivity contribution in [2.75, 3.05) is 5.32 Å². The number of carbonyl (C=O) groups is 2. The van der Waals surface area contributed by atoms with Crippen LogP contribution in [0.25, 0.3) is 10.9 Å². The molecular weight excluding hydrogens is 531 g/mol. The Labute approximate surface area is 224 Å². The smallest absolute Gasteiger partial charge is 0.475 e. The molecule has 1 aliphatic heterocycles. The lowest BCUT2D eigenvalue weighted by Gasteiger charge is -2.16. The zero-order valence-electron chi connectivity index (χ0n) is 20.7. The largest absolute Gasteiger partial charge is 0.490 e. The van der Waals surface area contributed by atoms with Gasteiger partial charge in [0.2, 0.25) is 5.91 Å². The van der Waals surface area contributed by atoms with Crippen molar-refractivity contribution in [3.05, 3.63) is 87.9 Å². The summed E-state index contributed by atoms with van der Waals surface area (Å²) in [6.07, 6.45) is -0.742. The topological polar surface area (TPSA) is 166 Å². The van der Waals surface area contributed by atoms with Gasteiger partial charge in [-0.15, -0.1) is 0 Å². The molecule has 0 unspecified atom stereocenters. The van der Waals surface area contributed by atoms with Crippen LogP contribution in [0.2, 0.25) is 0 Å². The van der Waals surface area contributed by atoms with E-state index in [1.165, 1.54) is 4.57 Å². The highest BCUT2D eigenvalue weighted by molar-refractivity contribution is 5.82. The fraction of sp³-hybridized carbons (Fsp3) is 0.231. The average Bonchev–Trinajstić information content (AvgIpc) is 3.57. The number of aromatic nitrogens is 4. The molecule has 0 saturated heterocycles. The van der Waals surface area contributed by atoms with Crippen molar-refractivity contribution < 1.29 is 27.9 Å². The molecule has 0 aliphatic carbocycles. The van der Waals surface area contributed by atoms with E-state index in [2.05, 4.69) is 31.7 Å². The Morgan fingerprint density at radius 2 is 1.93 bits per heavy atom. The van der Waals surface area contributed by atoms with E-state index in [9.17, 15) is 28.0 Å². The van der Waals surface area contributed by atoms with Gasteiger partial charge in [-0.05, 0) is 30.5 Å². The van der Waals surface area contributed by atoms with Crippen molar-refractivity contribution in [2.45, 2.75) is 38.1 Å². The number of H-pyrrole nitrogens is 1. The van der Waals surface area contributed by atoms with E-state index < -0.39 is 23.7 Å². The normalized spacial score (nSPS) is 14.0. The summed E-state index contributed by atoms with van der Waals surface area (Å²) in [5, 5.41) is 23.6. The molecule has 0 radical (unpaired) electrons. The molecule has 0 fully saturated rings. The van der Waals surface area contributed by atoms with Crippen molar-refractivity contribution in [2.24, 2.45) is 0 Å². The van der Waals surface area contributed by atoms with Gasteiger partial charge in [0.1, 0.15) is 12.1 Å². The number of hydrogen-bond acceptors (Lipinski definition) is 7. The van der Waals surface area contributed by atoms with Crippen molar-refractivity contribution in [3.8, 4) is 6.07 Å². The number of halogens is 3. The number of carboxylic acid groups (broad SMARTS) is 1. The van der Waals surface area contributed by atoms with E-state index >= 15 is 0 Å². The van der Waals surface area contributed by atoms with Crippen molar-refractivity contribution in [1.29, 1.82) is 5.26 Å². The maximum Gasteiger partial charge on any atom is 0.490 e. The number of carbonyl (C=O) groups excluding carboxylic acids is 1. The average molecular weight is 554 g/mol. The quantitative estimate of drug-likeness (QED) is 0.283. The first-order valence-corrected chi connectivity index (χ1v) is 11.9. The minimum Gasteiger partial charge on any atom is -0.475 e. The molecule has 4 N–H and O–H groups in total. The Balaban J connectivity index is 0.000000470. The Morgan fingerprint density at radius 1 is 1.20 bits per heavy atom. The number of carboxylic acids is 1. The monoisotopic (exact) mass is 553 g/mol. The molecule has 0 bridgehead atoms. The van der Waals surface area contributed by atoms with Crippen LogP contribution in [0.5, 0.6) is 0 Å². The molecule has 5 rings (SSSR count). The number of alkyl halides is 3. The van der Waals surface area contributed by atoms with E-state index in [1.54, 1.807) is 12.4 Å². The number of pyridine rings is 1. The van der Waals surface area contributed by atoms with Gasteiger partial charge in [0, 0.05) is 35.5 Å². The highest BCUT2D eigenvalue weighted by Crippen LogP contribution is 2.27. The maximum atomic E-state index is 13.2. The highest BCUT2D eigenvalue weighted by atomic mass is 19.4. The number of nitrogens with zero attached hydrogens (tertiary/aromatic N) is 4. The van der Waals surface area contributed by atoms with Crippen LogP contribution in [0, 0.1) is 11.3 Å². The lowest BCUT2D eigenvalue weighted by atomic mass is 10.2. The van der Waals surface area contributed by atoms with Crippen LogP contribution >= 0.6 is 0 Å². The van der Waals surface area contributed by atoms with E-state index in [4.69, 9.17) is 9.90 Å². The summed E-state index contributed by atoms with van der Waals surface area (Å²) >= 11 is 0. The van der Waals surface area contributed by atoms with Crippen molar-refractivity contribution in [1.82, 2.24) is 24.8 Å². The second-order valence-corrected chi connectivity index (χ2v) is 8.71. The number of amides is 1. The zero-order valence-corrected chi connectivity index (χ0v) is 20.7. The van der Waals surface area contributed by atoms with E-state index in [0.29, 0.717) is 31.6 Å². The number of fused-ring (bicyclic) bond motifs is 2. The second-order valence-electron chi connectivity index (χ2n) is 8.71. The first-order valence-electron chi connectivity index (χ1n) is 11.9. The van der Waals surface area contributed by atoms with Crippen LogP contribution in [-0.4, -0.2) is 42.7 Å². The highest BCUT2D eigenvalue weighted by Gasteiger charge is 2.38. The minimum atomic E-state index is -5.08. The predicted molar refractivity (Wildman–Crippen MR) is 136 cm³/mol. The summed E-state index contributed by atoms with van der Waals surface area (Å²) in [6.45, 7) is 0.683. The van der Waals surface area contributed by atoms with Crippen LogP contribution in [0.1, 0.15) is 35.1 Å². The van der Waals surface area contributed by atoms with Gasteiger partial charge >= 0.3 is 12.1 Å². The molecule has 206 valence electrons. The molecule has 3 aromatic heterocycles. The third kappa shape index (κ3) is 6.26. The molecule has 1 atom stereocenters. The zero-order chi connectivity index (χ0) is 28.9. The van der Waals surface area contributed by atoms with E-state index in [0.717, 1.165) is 22.2 Å². The summed E-state index contributed by atoms with van der Waals surface area (Å²) in [5.41, 5.74) is 3.04. The number of rotatable bonds is 6. The van der Waals surface area contributed by atoms with Crippen molar-refractivity contribution >= 4 is 28.6 Å². The van der Waals surface area contributed by atoms with Gasteiger partial charge in [-0.25, -0.2) is 9.78 Å². The third-order valence-electron chi connectivity index (χ3n) is 6.06. The Morgan fingerprint density at radius 3 is 2.58 bits per heavy atom. The molecule has 1 amide bonds.